The Morgan fingerprint density at radius 3 is 2.33 bits per heavy atom. The maximum Gasteiger partial charge on any atom is 0.305 e. The minimum Gasteiger partial charge on any atom is -0.481 e. The molecule has 0 aromatic heterocycles. The van der Waals surface area contributed by atoms with Crippen molar-refractivity contribution in [3.05, 3.63) is 35.4 Å². The van der Waals surface area contributed by atoms with Crippen LogP contribution in [0.3, 0.4) is 0 Å². The molecule has 3 nitrogen and oxygen atoms in total. The third-order valence-corrected chi connectivity index (χ3v) is 2.03. The number of carboxylic acid groups (broad SMARTS) is 1. The predicted molar refractivity (Wildman–Crippen MR) is 50.6 cm³/mol. The van der Waals surface area contributed by atoms with Crippen molar-refractivity contribution in [1.82, 2.24) is 0 Å². The van der Waals surface area contributed by atoms with Crippen molar-refractivity contribution < 1.29 is 18.7 Å². The zero-order valence-electron chi connectivity index (χ0n) is 7.86. The first-order valence-corrected chi connectivity index (χ1v) is 4.36. The normalized spacial score (nSPS) is 12.8. The maximum atomic E-state index is 12.5. The van der Waals surface area contributed by atoms with E-state index in [1.54, 1.807) is 6.07 Å². The number of hydrogen-bond acceptors (Lipinski definition) is 2. The van der Waals surface area contributed by atoms with Gasteiger partial charge in [-0.3, -0.25) is 4.79 Å². The molecule has 5 heteroatoms. The van der Waals surface area contributed by atoms with Gasteiger partial charge in [0.1, 0.15) is 0 Å². The van der Waals surface area contributed by atoms with Crippen LogP contribution in [0.15, 0.2) is 24.3 Å². The summed E-state index contributed by atoms with van der Waals surface area (Å²) in [7, 11) is 0. The Morgan fingerprint density at radius 2 is 1.87 bits per heavy atom. The number of nitrogens with two attached hydrogens (primary N) is 1. The van der Waals surface area contributed by atoms with Gasteiger partial charge in [-0.1, -0.05) is 24.3 Å². The molecular formula is C10H11F2NO2. The van der Waals surface area contributed by atoms with Gasteiger partial charge in [0.15, 0.2) is 0 Å². The van der Waals surface area contributed by atoms with Gasteiger partial charge in [-0.2, -0.15) is 0 Å². The largest absolute Gasteiger partial charge is 0.481 e. The van der Waals surface area contributed by atoms with Crippen LogP contribution in [0.1, 0.15) is 30.0 Å². The van der Waals surface area contributed by atoms with Crippen LogP contribution >= 0.6 is 0 Å². The molecule has 0 bridgehead atoms. The van der Waals surface area contributed by atoms with Gasteiger partial charge in [0.25, 0.3) is 6.43 Å². The van der Waals surface area contributed by atoms with E-state index in [1.807, 2.05) is 0 Å². The van der Waals surface area contributed by atoms with E-state index in [4.69, 9.17) is 10.8 Å². The Balaban J connectivity index is 2.97. The molecule has 82 valence electrons. The van der Waals surface area contributed by atoms with E-state index in [1.165, 1.54) is 18.2 Å². The summed E-state index contributed by atoms with van der Waals surface area (Å²) in [5.41, 5.74) is 5.51. The van der Waals surface area contributed by atoms with Gasteiger partial charge in [-0.15, -0.1) is 0 Å². The fraction of sp³-hybridized carbons (Fsp3) is 0.300. The summed E-state index contributed by atoms with van der Waals surface area (Å²) in [5, 5.41) is 8.51. The molecule has 15 heavy (non-hydrogen) atoms. The number of aliphatic carboxylic acids is 1. The molecule has 1 atom stereocenters. The van der Waals surface area contributed by atoms with Crippen LogP contribution < -0.4 is 5.73 Å². The SMILES string of the molecule is NC(CC(=O)O)c1ccccc1C(F)F. The van der Waals surface area contributed by atoms with Crippen molar-refractivity contribution >= 4 is 5.97 Å². The molecule has 3 N–H and O–H groups in total. The Labute approximate surface area is 85.5 Å². The molecule has 0 heterocycles. The fourth-order valence-electron chi connectivity index (χ4n) is 1.35. The minimum atomic E-state index is -2.64. The average Bonchev–Trinajstić information content (AvgIpc) is 2.16. The standard InChI is InChI=1S/C10H11F2NO2/c11-10(12)7-4-2-1-3-6(7)8(13)5-9(14)15/h1-4,8,10H,5,13H2,(H,14,15). The summed E-state index contributed by atoms with van der Waals surface area (Å²) in [6.45, 7) is 0. The van der Waals surface area contributed by atoms with Crippen LogP contribution in [0.25, 0.3) is 0 Å². The maximum absolute atomic E-state index is 12.5. The van der Waals surface area contributed by atoms with Crippen molar-refractivity contribution in [3.63, 3.8) is 0 Å². The summed E-state index contributed by atoms with van der Waals surface area (Å²) in [6, 6.07) is 4.81. The van der Waals surface area contributed by atoms with Crippen LogP contribution in [0.2, 0.25) is 0 Å². The van der Waals surface area contributed by atoms with Crippen molar-refractivity contribution in [2.45, 2.75) is 18.9 Å². The summed E-state index contributed by atoms with van der Waals surface area (Å²) in [5.74, 6) is -1.11. The fourth-order valence-corrected chi connectivity index (χ4v) is 1.35. The highest BCUT2D eigenvalue weighted by Crippen LogP contribution is 2.27. The summed E-state index contributed by atoms with van der Waals surface area (Å²) >= 11 is 0. The van der Waals surface area contributed by atoms with Gasteiger partial charge >= 0.3 is 5.97 Å². The molecular weight excluding hydrogens is 204 g/mol. The van der Waals surface area contributed by atoms with E-state index < -0.39 is 18.4 Å². The molecule has 0 saturated carbocycles. The molecule has 0 fully saturated rings. The third-order valence-electron chi connectivity index (χ3n) is 2.03. The number of hydrogen-bond donors (Lipinski definition) is 2. The quantitative estimate of drug-likeness (QED) is 0.808. The van der Waals surface area contributed by atoms with Crippen LogP contribution in [0.5, 0.6) is 0 Å². The molecule has 1 unspecified atom stereocenters. The first kappa shape index (κ1) is 11.6. The molecule has 0 saturated heterocycles. The van der Waals surface area contributed by atoms with Crippen LogP contribution in [0, 0.1) is 0 Å². The van der Waals surface area contributed by atoms with E-state index in [-0.39, 0.29) is 17.5 Å². The van der Waals surface area contributed by atoms with Gasteiger partial charge in [0.05, 0.1) is 6.42 Å². The Kier molecular flexibility index (Phi) is 3.74. The number of halogens is 2. The highest BCUT2D eigenvalue weighted by molar-refractivity contribution is 5.68. The van der Waals surface area contributed by atoms with Gasteiger partial charge in [-0.25, -0.2) is 8.78 Å². The van der Waals surface area contributed by atoms with Gasteiger partial charge in [0, 0.05) is 11.6 Å². The molecule has 0 aliphatic carbocycles. The summed E-state index contributed by atoms with van der Waals surface area (Å²) in [4.78, 5) is 10.4. The average molecular weight is 215 g/mol. The highest BCUT2D eigenvalue weighted by Gasteiger charge is 2.18. The van der Waals surface area contributed by atoms with Crippen LogP contribution in [-0.2, 0) is 4.79 Å². The summed E-state index contributed by atoms with van der Waals surface area (Å²) in [6.07, 6.45) is -3.00. The number of carbonyl (C=O) groups is 1. The Bertz CT molecular complexity index is 355. The first-order valence-electron chi connectivity index (χ1n) is 4.36. The topological polar surface area (TPSA) is 63.3 Å². The number of alkyl halides is 2. The molecule has 1 rings (SSSR count). The second kappa shape index (κ2) is 4.84. The van der Waals surface area contributed by atoms with E-state index >= 15 is 0 Å². The molecule has 0 aliphatic heterocycles. The van der Waals surface area contributed by atoms with Crippen LogP contribution in [-0.4, -0.2) is 11.1 Å². The second-order valence-electron chi connectivity index (χ2n) is 3.13. The Morgan fingerprint density at radius 1 is 1.33 bits per heavy atom. The molecule has 0 spiro atoms. The van der Waals surface area contributed by atoms with Gasteiger partial charge in [-0.05, 0) is 5.56 Å². The monoisotopic (exact) mass is 215 g/mol. The lowest BCUT2D eigenvalue weighted by atomic mass is 9.99. The molecule has 0 radical (unpaired) electrons. The Hall–Kier alpha value is -1.49. The van der Waals surface area contributed by atoms with E-state index in [0.29, 0.717) is 0 Å². The second-order valence-corrected chi connectivity index (χ2v) is 3.13. The zero-order valence-corrected chi connectivity index (χ0v) is 7.86. The number of benzene rings is 1. The first-order chi connectivity index (χ1) is 7.02. The van der Waals surface area contributed by atoms with E-state index in [2.05, 4.69) is 0 Å². The van der Waals surface area contributed by atoms with Gasteiger partial charge < -0.3 is 10.8 Å². The molecule has 0 amide bonds. The minimum absolute atomic E-state index is 0.190. The van der Waals surface area contributed by atoms with Crippen molar-refractivity contribution in [2.24, 2.45) is 5.73 Å². The molecule has 1 aromatic carbocycles. The van der Waals surface area contributed by atoms with Crippen molar-refractivity contribution in [1.29, 1.82) is 0 Å². The lowest BCUT2D eigenvalue weighted by molar-refractivity contribution is -0.137. The van der Waals surface area contributed by atoms with Crippen molar-refractivity contribution in [3.8, 4) is 0 Å². The smallest absolute Gasteiger partial charge is 0.305 e. The third kappa shape index (κ3) is 2.99. The lowest BCUT2D eigenvalue weighted by Gasteiger charge is -2.13. The lowest BCUT2D eigenvalue weighted by Crippen LogP contribution is -2.16. The molecule has 0 aliphatic rings. The zero-order chi connectivity index (χ0) is 11.4. The van der Waals surface area contributed by atoms with Crippen molar-refractivity contribution in [2.75, 3.05) is 0 Å². The van der Waals surface area contributed by atoms with Gasteiger partial charge in [0.2, 0.25) is 0 Å². The number of carboxylic acids is 1. The van der Waals surface area contributed by atoms with E-state index in [9.17, 15) is 13.6 Å². The predicted octanol–water partition coefficient (Wildman–Crippen LogP) is 2.10. The molecule has 1 aromatic rings. The number of rotatable bonds is 4. The highest BCUT2D eigenvalue weighted by atomic mass is 19.3. The summed E-state index contributed by atoms with van der Waals surface area (Å²) < 4.78 is 25.0. The van der Waals surface area contributed by atoms with E-state index in [0.717, 1.165) is 0 Å². The van der Waals surface area contributed by atoms with Crippen LogP contribution in [0.4, 0.5) is 8.78 Å².